The van der Waals surface area contributed by atoms with Crippen LogP contribution in [-0.2, 0) is 0 Å². The van der Waals surface area contributed by atoms with Gasteiger partial charge in [-0.05, 0) is 43.4 Å². The van der Waals surface area contributed by atoms with Crippen LogP contribution < -0.4 is 10.6 Å². The third kappa shape index (κ3) is 3.97. The molecule has 2 atom stereocenters. The van der Waals surface area contributed by atoms with Crippen LogP contribution in [-0.4, -0.2) is 16.0 Å². The molecule has 2 aromatic rings. The van der Waals surface area contributed by atoms with Crippen LogP contribution in [0.5, 0.6) is 0 Å². The van der Waals surface area contributed by atoms with Crippen LogP contribution in [0, 0.1) is 12.8 Å². The van der Waals surface area contributed by atoms with E-state index in [0.29, 0.717) is 6.04 Å². The van der Waals surface area contributed by atoms with Gasteiger partial charge in [-0.2, -0.15) is 0 Å². The highest BCUT2D eigenvalue weighted by Gasteiger charge is 2.18. The highest BCUT2D eigenvalue weighted by atomic mass is 15.1. The summed E-state index contributed by atoms with van der Waals surface area (Å²) in [7, 11) is 0. The molecular weight excluding hydrogens is 272 g/mol. The molecule has 0 saturated heterocycles. The monoisotopic (exact) mass is 296 g/mol. The number of aromatic nitrogens is 2. The Morgan fingerprint density at radius 2 is 1.95 bits per heavy atom. The van der Waals surface area contributed by atoms with Crippen LogP contribution in [0.3, 0.4) is 0 Å². The molecule has 0 amide bonds. The molecule has 1 aromatic heterocycles. The average molecular weight is 296 g/mol. The lowest BCUT2D eigenvalue weighted by molar-refractivity contribution is 0.358. The van der Waals surface area contributed by atoms with E-state index in [1.807, 2.05) is 18.2 Å². The molecule has 2 unspecified atom stereocenters. The third-order valence-corrected chi connectivity index (χ3v) is 4.25. The van der Waals surface area contributed by atoms with Crippen LogP contribution in [0.25, 0.3) is 0 Å². The molecule has 116 valence electrons. The number of benzene rings is 1. The Bertz CT molecular complexity index is 626. The topological polar surface area (TPSA) is 49.8 Å². The van der Waals surface area contributed by atoms with E-state index in [1.165, 1.54) is 31.2 Å². The van der Waals surface area contributed by atoms with Crippen molar-refractivity contribution in [2.75, 3.05) is 10.6 Å². The van der Waals surface area contributed by atoms with Crippen molar-refractivity contribution in [3.63, 3.8) is 0 Å². The van der Waals surface area contributed by atoms with Crippen molar-refractivity contribution >= 4 is 17.3 Å². The molecule has 2 N–H and O–H groups in total. The van der Waals surface area contributed by atoms with E-state index >= 15 is 0 Å². The summed E-state index contributed by atoms with van der Waals surface area (Å²) < 4.78 is 0. The zero-order valence-corrected chi connectivity index (χ0v) is 13.3. The van der Waals surface area contributed by atoms with Crippen LogP contribution in [0.4, 0.5) is 17.3 Å². The summed E-state index contributed by atoms with van der Waals surface area (Å²) >= 11 is 0. The molecular formula is C18H24N4. The van der Waals surface area contributed by atoms with Gasteiger partial charge in [-0.3, -0.25) is 0 Å². The number of aryl methyl sites for hydroxylation is 1. The summed E-state index contributed by atoms with van der Waals surface area (Å²) in [6, 6.07) is 10.8. The Morgan fingerprint density at radius 1 is 1.09 bits per heavy atom. The van der Waals surface area contributed by atoms with Crippen molar-refractivity contribution in [1.82, 2.24) is 9.97 Å². The average Bonchev–Trinajstić information content (AvgIpc) is 2.47. The molecule has 1 aliphatic rings. The molecule has 3 rings (SSSR count). The summed E-state index contributed by atoms with van der Waals surface area (Å²) in [6.45, 7) is 4.42. The summed E-state index contributed by atoms with van der Waals surface area (Å²) in [6.07, 6.45) is 6.73. The van der Waals surface area contributed by atoms with E-state index in [1.54, 1.807) is 6.33 Å². The van der Waals surface area contributed by atoms with E-state index in [9.17, 15) is 0 Å². The predicted octanol–water partition coefficient (Wildman–Crippen LogP) is 4.52. The summed E-state index contributed by atoms with van der Waals surface area (Å²) in [5, 5.41) is 6.90. The van der Waals surface area contributed by atoms with Gasteiger partial charge < -0.3 is 10.6 Å². The summed E-state index contributed by atoms with van der Waals surface area (Å²) in [5.74, 6) is 2.54. The molecule has 1 aromatic carbocycles. The van der Waals surface area contributed by atoms with Crippen LogP contribution in [0.15, 0.2) is 36.7 Å². The van der Waals surface area contributed by atoms with E-state index in [0.717, 1.165) is 23.2 Å². The number of hydrogen-bond acceptors (Lipinski definition) is 4. The third-order valence-electron chi connectivity index (χ3n) is 4.25. The lowest BCUT2D eigenvalue weighted by atomic mass is 9.87. The van der Waals surface area contributed by atoms with Crippen molar-refractivity contribution in [3.8, 4) is 0 Å². The molecule has 4 heteroatoms. The van der Waals surface area contributed by atoms with Crippen molar-refractivity contribution < 1.29 is 0 Å². The molecule has 1 aliphatic carbocycles. The first kappa shape index (κ1) is 14.8. The SMILES string of the molecule is Cc1cccc(Nc2cc(NC3CCCC(C)C3)ncn2)c1. The van der Waals surface area contributed by atoms with Gasteiger partial charge in [0.1, 0.15) is 18.0 Å². The zero-order valence-electron chi connectivity index (χ0n) is 13.3. The summed E-state index contributed by atoms with van der Waals surface area (Å²) in [5.41, 5.74) is 2.28. The standard InChI is InChI=1S/C18H24N4/c1-13-5-3-7-15(9-13)21-17-11-18(20-12-19-17)22-16-8-4-6-14(2)10-16/h3,5,7,9,11-12,14,16H,4,6,8,10H2,1-2H3,(H2,19,20,21,22). The Hall–Kier alpha value is -2.10. The Labute approximate surface area is 132 Å². The predicted molar refractivity (Wildman–Crippen MR) is 91.5 cm³/mol. The van der Waals surface area contributed by atoms with Gasteiger partial charge in [-0.25, -0.2) is 9.97 Å². The van der Waals surface area contributed by atoms with Crippen molar-refractivity contribution in [2.45, 2.75) is 45.6 Å². The second-order valence-electron chi connectivity index (χ2n) is 6.40. The van der Waals surface area contributed by atoms with Crippen molar-refractivity contribution in [2.24, 2.45) is 5.92 Å². The van der Waals surface area contributed by atoms with E-state index in [2.05, 4.69) is 46.6 Å². The molecule has 0 aliphatic heterocycles. The van der Waals surface area contributed by atoms with E-state index in [-0.39, 0.29) is 0 Å². The Morgan fingerprint density at radius 3 is 2.77 bits per heavy atom. The second kappa shape index (κ2) is 6.77. The van der Waals surface area contributed by atoms with Gasteiger partial charge >= 0.3 is 0 Å². The molecule has 0 spiro atoms. The smallest absolute Gasteiger partial charge is 0.135 e. The maximum Gasteiger partial charge on any atom is 0.135 e. The van der Waals surface area contributed by atoms with E-state index in [4.69, 9.17) is 0 Å². The summed E-state index contributed by atoms with van der Waals surface area (Å²) in [4.78, 5) is 8.67. The fraction of sp³-hybridized carbons (Fsp3) is 0.444. The van der Waals surface area contributed by atoms with Gasteiger partial charge in [-0.1, -0.05) is 31.9 Å². The molecule has 22 heavy (non-hydrogen) atoms. The molecule has 1 saturated carbocycles. The van der Waals surface area contributed by atoms with Gasteiger partial charge in [0, 0.05) is 17.8 Å². The van der Waals surface area contributed by atoms with E-state index < -0.39 is 0 Å². The minimum Gasteiger partial charge on any atom is -0.367 e. The fourth-order valence-corrected chi connectivity index (χ4v) is 3.15. The zero-order chi connectivity index (χ0) is 15.4. The molecule has 4 nitrogen and oxygen atoms in total. The lowest BCUT2D eigenvalue weighted by Gasteiger charge is -2.27. The fourth-order valence-electron chi connectivity index (χ4n) is 3.15. The molecule has 1 fully saturated rings. The number of hydrogen-bond donors (Lipinski definition) is 2. The Kier molecular flexibility index (Phi) is 4.56. The maximum absolute atomic E-state index is 4.36. The van der Waals surface area contributed by atoms with Gasteiger partial charge in [0.25, 0.3) is 0 Å². The van der Waals surface area contributed by atoms with Gasteiger partial charge in [0.15, 0.2) is 0 Å². The van der Waals surface area contributed by atoms with Crippen molar-refractivity contribution in [3.05, 3.63) is 42.2 Å². The largest absolute Gasteiger partial charge is 0.367 e. The first-order chi connectivity index (χ1) is 10.7. The molecule has 0 bridgehead atoms. The highest BCUT2D eigenvalue weighted by molar-refractivity contribution is 5.59. The minimum absolute atomic E-state index is 0.533. The van der Waals surface area contributed by atoms with Gasteiger partial charge in [-0.15, -0.1) is 0 Å². The number of anilines is 3. The number of nitrogens with zero attached hydrogens (tertiary/aromatic N) is 2. The van der Waals surface area contributed by atoms with Gasteiger partial charge in [0.2, 0.25) is 0 Å². The molecule has 1 heterocycles. The maximum atomic E-state index is 4.36. The quantitative estimate of drug-likeness (QED) is 0.871. The first-order valence-electron chi connectivity index (χ1n) is 8.11. The highest BCUT2D eigenvalue weighted by Crippen LogP contribution is 2.26. The normalized spacial score (nSPS) is 21.4. The number of rotatable bonds is 4. The first-order valence-corrected chi connectivity index (χ1v) is 8.11. The van der Waals surface area contributed by atoms with Crippen LogP contribution >= 0.6 is 0 Å². The minimum atomic E-state index is 0.533. The van der Waals surface area contributed by atoms with Crippen molar-refractivity contribution in [1.29, 1.82) is 0 Å². The van der Waals surface area contributed by atoms with Crippen LogP contribution in [0.2, 0.25) is 0 Å². The Balaban J connectivity index is 1.67. The number of nitrogens with one attached hydrogen (secondary N) is 2. The lowest BCUT2D eigenvalue weighted by Crippen LogP contribution is -2.26. The van der Waals surface area contributed by atoms with Crippen LogP contribution in [0.1, 0.15) is 38.2 Å². The molecule has 0 radical (unpaired) electrons. The van der Waals surface area contributed by atoms with Gasteiger partial charge in [0.05, 0.1) is 0 Å². The second-order valence-corrected chi connectivity index (χ2v) is 6.40.